The van der Waals surface area contributed by atoms with Gasteiger partial charge in [-0.2, -0.15) is 5.10 Å². The number of rotatable bonds is 3. The van der Waals surface area contributed by atoms with Crippen molar-refractivity contribution in [3.8, 4) is 0 Å². The van der Waals surface area contributed by atoms with E-state index in [0.717, 1.165) is 6.54 Å². The van der Waals surface area contributed by atoms with Gasteiger partial charge in [0.15, 0.2) is 0 Å². The van der Waals surface area contributed by atoms with Crippen LogP contribution < -0.4 is 11.1 Å². The molecule has 0 spiro atoms. The summed E-state index contributed by atoms with van der Waals surface area (Å²) in [5.74, 6) is 0.271. The number of hydrogen-bond donors (Lipinski definition) is 2. The Kier molecular flexibility index (Phi) is 4.02. The van der Waals surface area contributed by atoms with Crippen LogP contribution in [-0.4, -0.2) is 33.4 Å². The number of aromatic nitrogens is 2. The molecule has 0 aliphatic carbocycles. The predicted molar refractivity (Wildman–Crippen MR) is 81.5 cm³/mol. The molecule has 0 bridgehead atoms. The molecule has 0 aromatic carbocycles. The number of nitrogens with zero attached hydrogens (tertiary/aromatic N) is 2. The van der Waals surface area contributed by atoms with Crippen molar-refractivity contribution in [3.63, 3.8) is 0 Å². The number of carbonyl (C=O) groups excluding carboxylic acids is 1. The Morgan fingerprint density at radius 3 is 2.76 bits per heavy atom. The molecular weight excluding hydrogens is 268 g/mol. The van der Waals surface area contributed by atoms with Crippen LogP contribution in [0.4, 0.5) is 5.82 Å². The molecule has 1 saturated heterocycles. The first-order valence-electron chi connectivity index (χ1n) is 7.35. The van der Waals surface area contributed by atoms with Gasteiger partial charge in [-0.3, -0.25) is 9.48 Å². The van der Waals surface area contributed by atoms with Crippen molar-refractivity contribution in [1.82, 2.24) is 15.1 Å². The van der Waals surface area contributed by atoms with Gasteiger partial charge in [-0.05, 0) is 40.7 Å². The van der Waals surface area contributed by atoms with E-state index in [9.17, 15) is 4.79 Å². The maximum atomic E-state index is 12.6. The molecule has 6 heteroatoms. The summed E-state index contributed by atoms with van der Waals surface area (Å²) in [5, 5.41) is 7.62. The molecule has 2 rings (SSSR count). The second-order valence-corrected chi connectivity index (χ2v) is 7.34. The van der Waals surface area contributed by atoms with Gasteiger partial charge in [0.25, 0.3) is 0 Å². The molecule has 1 aliphatic rings. The largest absolute Gasteiger partial charge is 0.460 e. The van der Waals surface area contributed by atoms with Crippen LogP contribution in [0.5, 0.6) is 0 Å². The summed E-state index contributed by atoms with van der Waals surface area (Å²) in [4.78, 5) is 12.6. The lowest BCUT2D eigenvalue weighted by molar-refractivity contribution is -0.163. The maximum Gasteiger partial charge on any atom is 0.311 e. The van der Waals surface area contributed by atoms with E-state index in [4.69, 9.17) is 10.5 Å². The summed E-state index contributed by atoms with van der Waals surface area (Å²) in [6.45, 7) is 11.2. The van der Waals surface area contributed by atoms with Gasteiger partial charge in [0, 0.05) is 30.7 Å². The molecular formula is C15H26N4O2. The minimum atomic E-state index is -0.476. The van der Waals surface area contributed by atoms with E-state index in [0.29, 0.717) is 12.4 Å². The highest BCUT2D eigenvalue weighted by atomic mass is 16.6. The average molecular weight is 294 g/mol. The first kappa shape index (κ1) is 15.8. The van der Waals surface area contributed by atoms with Gasteiger partial charge in [0.05, 0.1) is 5.92 Å². The second kappa shape index (κ2) is 5.33. The van der Waals surface area contributed by atoms with Crippen LogP contribution in [0.25, 0.3) is 0 Å². The van der Waals surface area contributed by atoms with Crippen molar-refractivity contribution in [2.75, 3.05) is 12.3 Å². The highest BCUT2D eigenvalue weighted by Gasteiger charge is 2.48. The summed E-state index contributed by atoms with van der Waals surface area (Å²) in [6, 6.07) is 1.76. The molecule has 21 heavy (non-hydrogen) atoms. The van der Waals surface area contributed by atoms with Crippen molar-refractivity contribution in [2.24, 2.45) is 11.8 Å². The van der Waals surface area contributed by atoms with Gasteiger partial charge in [-0.25, -0.2) is 0 Å². The quantitative estimate of drug-likeness (QED) is 0.824. The summed E-state index contributed by atoms with van der Waals surface area (Å²) in [5.41, 5.74) is 4.88. The minimum absolute atomic E-state index is 0.133. The lowest BCUT2D eigenvalue weighted by atomic mass is 9.82. The van der Waals surface area contributed by atoms with E-state index in [1.807, 2.05) is 40.8 Å². The van der Waals surface area contributed by atoms with Crippen LogP contribution >= 0.6 is 0 Å². The maximum absolute atomic E-state index is 12.6. The van der Waals surface area contributed by atoms with E-state index in [1.165, 1.54) is 0 Å². The van der Waals surface area contributed by atoms with Crippen LogP contribution in [0.2, 0.25) is 0 Å². The average Bonchev–Trinajstić information content (AvgIpc) is 2.81. The van der Waals surface area contributed by atoms with Crippen molar-refractivity contribution in [3.05, 3.63) is 12.3 Å². The highest BCUT2D eigenvalue weighted by Crippen LogP contribution is 2.34. The fourth-order valence-electron chi connectivity index (χ4n) is 2.95. The molecule has 0 radical (unpaired) electrons. The Morgan fingerprint density at radius 1 is 1.57 bits per heavy atom. The van der Waals surface area contributed by atoms with Crippen molar-refractivity contribution < 1.29 is 9.53 Å². The first-order chi connectivity index (χ1) is 9.58. The third-order valence-electron chi connectivity index (χ3n) is 3.81. The molecule has 6 nitrogen and oxygen atoms in total. The monoisotopic (exact) mass is 294 g/mol. The Bertz CT molecular complexity index is 516. The fourth-order valence-corrected chi connectivity index (χ4v) is 2.95. The van der Waals surface area contributed by atoms with Gasteiger partial charge in [-0.15, -0.1) is 0 Å². The summed E-state index contributed by atoms with van der Waals surface area (Å²) in [7, 11) is 0. The summed E-state index contributed by atoms with van der Waals surface area (Å²) in [6.07, 6.45) is 1.84. The number of anilines is 1. The SMILES string of the molecule is CC(C)(C)OC(=O)[C@@H]1C(Cn2ccc(N)n2)CNC1(C)C. The molecule has 1 aromatic heterocycles. The molecule has 1 fully saturated rings. The van der Waals surface area contributed by atoms with E-state index >= 15 is 0 Å². The van der Waals surface area contributed by atoms with E-state index in [2.05, 4.69) is 10.4 Å². The van der Waals surface area contributed by atoms with E-state index < -0.39 is 5.60 Å². The fraction of sp³-hybridized carbons (Fsp3) is 0.733. The molecule has 1 aliphatic heterocycles. The first-order valence-corrected chi connectivity index (χ1v) is 7.35. The van der Waals surface area contributed by atoms with Crippen molar-refractivity contribution in [1.29, 1.82) is 0 Å². The molecule has 1 aromatic rings. The van der Waals surface area contributed by atoms with Crippen LogP contribution in [-0.2, 0) is 16.1 Å². The Balaban J connectivity index is 2.15. The Hall–Kier alpha value is -1.56. The molecule has 2 heterocycles. The molecule has 3 N–H and O–H groups in total. The third kappa shape index (κ3) is 3.75. The van der Waals surface area contributed by atoms with Gasteiger partial charge in [-0.1, -0.05) is 0 Å². The molecule has 0 amide bonds. The normalized spacial score (nSPS) is 25.0. The minimum Gasteiger partial charge on any atom is -0.460 e. The van der Waals surface area contributed by atoms with Crippen LogP contribution in [0.3, 0.4) is 0 Å². The zero-order chi connectivity index (χ0) is 15.8. The van der Waals surface area contributed by atoms with E-state index in [-0.39, 0.29) is 23.3 Å². The number of ether oxygens (including phenoxy) is 1. The van der Waals surface area contributed by atoms with Gasteiger partial charge in [0.1, 0.15) is 11.4 Å². The molecule has 118 valence electrons. The van der Waals surface area contributed by atoms with Gasteiger partial charge < -0.3 is 15.8 Å². The van der Waals surface area contributed by atoms with Crippen LogP contribution in [0, 0.1) is 11.8 Å². The number of carbonyl (C=O) groups is 1. The lowest BCUT2D eigenvalue weighted by Gasteiger charge is -2.31. The zero-order valence-electron chi connectivity index (χ0n) is 13.5. The summed E-state index contributed by atoms with van der Waals surface area (Å²) >= 11 is 0. The third-order valence-corrected chi connectivity index (χ3v) is 3.81. The highest BCUT2D eigenvalue weighted by molar-refractivity contribution is 5.75. The Labute approximate surface area is 126 Å². The van der Waals surface area contributed by atoms with Gasteiger partial charge in [0.2, 0.25) is 0 Å². The second-order valence-electron chi connectivity index (χ2n) is 7.34. The lowest BCUT2D eigenvalue weighted by Crippen LogP contribution is -2.45. The number of nitrogens with two attached hydrogens (primary N) is 1. The van der Waals surface area contributed by atoms with E-state index in [1.54, 1.807) is 10.7 Å². The van der Waals surface area contributed by atoms with Crippen molar-refractivity contribution in [2.45, 2.75) is 52.3 Å². The number of hydrogen-bond acceptors (Lipinski definition) is 5. The standard InChI is InChI=1S/C15H26N4O2/c1-14(2,3)21-13(20)12-10(8-17-15(12,4)5)9-19-7-6-11(16)18-19/h6-7,10,12,17H,8-9H2,1-5H3,(H2,16,18)/t10?,12-/m0/s1. The molecule has 2 atom stereocenters. The molecule has 0 saturated carbocycles. The number of nitrogen functional groups attached to an aromatic ring is 1. The Morgan fingerprint density at radius 2 is 2.24 bits per heavy atom. The molecule has 1 unspecified atom stereocenters. The summed E-state index contributed by atoms with van der Waals surface area (Å²) < 4.78 is 7.39. The van der Waals surface area contributed by atoms with Crippen LogP contribution in [0.15, 0.2) is 12.3 Å². The zero-order valence-corrected chi connectivity index (χ0v) is 13.5. The predicted octanol–water partition coefficient (Wildman–Crippen LogP) is 1.42. The van der Waals surface area contributed by atoms with Crippen molar-refractivity contribution >= 4 is 11.8 Å². The number of nitrogens with one attached hydrogen (secondary N) is 1. The topological polar surface area (TPSA) is 82.2 Å². The smallest absolute Gasteiger partial charge is 0.311 e. The van der Waals surface area contributed by atoms with Gasteiger partial charge >= 0.3 is 5.97 Å². The van der Waals surface area contributed by atoms with Crippen LogP contribution in [0.1, 0.15) is 34.6 Å². The number of esters is 1.